The van der Waals surface area contributed by atoms with E-state index in [1.54, 1.807) is 6.08 Å². The summed E-state index contributed by atoms with van der Waals surface area (Å²) in [4.78, 5) is 1.94. The Hall–Kier alpha value is -1.16. The molecule has 0 unspecified atom stereocenters. The van der Waals surface area contributed by atoms with Gasteiger partial charge in [0.2, 0.25) is 0 Å². The summed E-state index contributed by atoms with van der Waals surface area (Å²) in [5.41, 5.74) is 2.03. The standard InChI is InChI=1S/C9H13N/c1-6-7-9(4)10(5)8(2)3/h1,7H,2H2,3-5H3/b9-7-. The zero-order valence-electron chi connectivity index (χ0n) is 6.81. The zero-order valence-corrected chi connectivity index (χ0v) is 6.81. The van der Waals surface area contributed by atoms with Crippen molar-refractivity contribution in [3.05, 3.63) is 24.0 Å². The van der Waals surface area contributed by atoms with Crippen molar-refractivity contribution in [1.82, 2.24) is 4.90 Å². The second-order valence-corrected chi connectivity index (χ2v) is 2.25. The number of nitrogens with zero attached hydrogens (tertiary/aromatic N) is 1. The molecule has 0 aliphatic heterocycles. The Kier molecular flexibility index (Phi) is 3.35. The summed E-state index contributed by atoms with van der Waals surface area (Å²) in [6.07, 6.45) is 6.80. The van der Waals surface area contributed by atoms with E-state index in [4.69, 9.17) is 6.42 Å². The maximum Gasteiger partial charge on any atom is 0.0225 e. The molecule has 0 rings (SSSR count). The smallest absolute Gasteiger partial charge is 0.0225 e. The van der Waals surface area contributed by atoms with E-state index in [9.17, 15) is 0 Å². The summed E-state index contributed by atoms with van der Waals surface area (Å²) in [7, 11) is 1.94. The van der Waals surface area contributed by atoms with E-state index in [0.29, 0.717) is 0 Å². The van der Waals surface area contributed by atoms with Crippen molar-refractivity contribution in [2.45, 2.75) is 13.8 Å². The van der Waals surface area contributed by atoms with Gasteiger partial charge in [-0.15, -0.1) is 6.42 Å². The molecule has 0 aliphatic rings. The van der Waals surface area contributed by atoms with E-state index in [2.05, 4.69) is 12.5 Å². The van der Waals surface area contributed by atoms with Crippen LogP contribution < -0.4 is 0 Å². The number of hydrogen-bond donors (Lipinski definition) is 0. The second-order valence-electron chi connectivity index (χ2n) is 2.25. The van der Waals surface area contributed by atoms with Crippen LogP contribution in [0.1, 0.15) is 13.8 Å². The van der Waals surface area contributed by atoms with E-state index < -0.39 is 0 Å². The Balaban J connectivity index is 4.24. The third kappa shape index (κ3) is 2.41. The molecule has 0 bridgehead atoms. The Labute approximate surface area is 63.0 Å². The monoisotopic (exact) mass is 135 g/mol. The van der Waals surface area contributed by atoms with E-state index in [0.717, 1.165) is 11.4 Å². The largest absolute Gasteiger partial charge is 0.352 e. The van der Waals surface area contributed by atoms with Crippen LogP contribution in [0.3, 0.4) is 0 Å². The average Bonchev–Trinajstić information content (AvgIpc) is 1.87. The summed E-state index contributed by atoms with van der Waals surface area (Å²) in [5.74, 6) is 2.46. The van der Waals surface area contributed by atoms with Gasteiger partial charge in [0.25, 0.3) is 0 Å². The minimum Gasteiger partial charge on any atom is -0.352 e. The van der Waals surface area contributed by atoms with Gasteiger partial charge in [-0.2, -0.15) is 0 Å². The van der Waals surface area contributed by atoms with Gasteiger partial charge in [0.05, 0.1) is 0 Å². The summed E-state index contributed by atoms with van der Waals surface area (Å²) in [6, 6.07) is 0. The first-order chi connectivity index (χ1) is 4.59. The van der Waals surface area contributed by atoms with Crippen molar-refractivity contribution in [3.8, 4) is 12.3 Å². The molecule has 54 valence electrons. The van der Waals surface area contributed by atoms with E-state index >= 15 is 0 Å². The molecule has 0 aromatic heterocycles. The van der Waals surface area contributed by atoms with Crippen molar-refractivity contribution in [1.29, 1.82) is 0 Å². The molecule has 0 amide bonds. The molecule has 0 aromatic carbocycles. The van der Waals surface area contributed by atoms with Crippen molar-refractivity contribution in [2.75, 3.05) is 7.05 Å². The lowest BCUT2D eigenvalue weighted by Gasteiger charge is -2.18. The molecule has 1 heteroatoms. The quantitative estimate of drug-likeness (QED) is 0.523. The maximum absolute atomic E-state index is 5.08. The molecule has 0 fully saturated rings. The third-order valence-electron chi connectivity index (χ3n) is 1.39. The predicted octanol–water partition coefficient (Wildman–Crippen LogP) is 1.99. The topological polar surface area (TPSA) is 3.24 Å². The first kappa shape index (κ1) is 8.84. The molecule has 0 saturated carbocycles. The fourth-order valence-electron chi connectivity index (χ4n) is 0.518. The zero-order chi connectivity index (χ0) is 8.15. The number of rotatable bonds is 2. The number of allylic oxidation sites excluding steroid dienone is 3. The molecule has 0 aliphatic carbocycles. The van der Waals surface area contributed by atoms with Gasteiger partial charge in [-0.05, 0) is 13.8 Å². The number of terminal acetylenes is 1. The summed E-state index contributed by atoms with van der Waals surface area (Å²) in [5, 5.41) is 0. The van der Waals surface area contributed by atoms with Crippen LogP contribution in [0.15, 0.2) is 24.0 Å². The van der Waals surface area contributed by atoms with Crippen LogP contribution in [-0.2, 0) is 0 Å². The molecule has 0 atom stereocenters. The SMILES string of the molecule is C#C/C=C(/C)N(C)C(=C)C. The van der Waals surface area contributed by atoms with Crippen LogP contribution >= 0.6 is 0 Å². The highest BCUT2D eigenvalue weighted by atomic mass is 15.1. The Morgan fingerprint density at radius 1 is 1.60 bits per heavy atom. The van der Waals surface area contributed by atoms with Gasteiger partial charge in [0.1, 0.15) is 0 Å². The van der Waals surface area contributed by atoms with Crippen molar-refractivity contribution >= 4 is 0 Å². The number of hydrogen-bond acceptors (Lipinski definition) is 1. The fraction of sp³-hybridized carbons (Fsp3) is 0.333. The van der Waals surface area contributed by atoms with Crippen LogP contribution in [0, 0.1) is 12.3 Å². The van der Waals surface area contributed by atoms with Crippen molar-refractivity contribution in [3.63, 3.8) is 0 Å². The normalized spacial score (nSPS) is 10.4. The van der Waals surface area contributed by atoms with E-state index in [1.807, 2.05) is 25.8 Å². The Morgan fingerprint density at radius 3 is 2.40 bits per heavy atom. The molecule has 10 heavy (non-hydrogen) atoms. The van der Waals surface area contributed by atoms with Gasteiger partial charge in [0.15, 0.2) is 0 Å². The molecular weight excluding hydrogens is 122 g/mol. The summed E-state index contributed by atoms with van der Waals surface area (Å²) in [6.45, 7) is 7.67. The van der Waals surface area contributed by atoms with Gasteiger partial charge < -0.3 is 4.90 Å². The first-order valence-corrected chi connectivity index (χ1v) is 3.11. The summed E-state index contributed by atoms with van der Waals surface area (Å²) < 4.78 is 0. The van der Waals surface area contributed by atoms with Crippen LogP contribution in [0.5, 0.6) is 0 Å². The second kappa shape index (κ2) is 3.79. The highest BCUT2D eigenvalue weighted by Gasteiger charge is 1.95. The van der Waals surface area contributed by atoms with Crippen molar-refractivity contribution < 1.29 is 0 Å². The lowest BCUT2D eigenvalue weighted by Crippen LogP contribution is -2.11. The molecule has 0 heterocycles. The van der Waals surface area contributed by atoms with E-state index in [1.165, 1.54) is 0 Å². The molecular formula is C9H13N. The molecule has 0 spiro atoms. The molecule has 0 saturated heterocycles. The predicted molar refractivity (Wildman–Crippen MR) is 45.2 cm³/mol. The van der Waals surface area contributed by atoms with Crippen LogP contribution in [0.4, 0.5) is 0 Å². The van der Waals surface area contributed by atoms with Gasteiger partial charge in [0, 0.05) is 24.5 Å². The van der Waals surface area contributed by atoms with Gasteiger partial charge in [-0.25, -0.2) is 0 Å². The van der Waals surface area contributed by atoms with Crippen LogP contribution in [0.25, 0.3) is 0 Å². The van der Waals surface area contributed by atoms with Crippen LogP contribution in [-0.4, -0.2) is 11.9 Å². The Bertz CT molecular complexity index is 193. The highest BCUT2D eigenvalue weighted by Crippen LogP contribution is 2.05. The summed E-state index contributed by atoms with van der Waals surface area (Å²) >= 11 is 0. The highest BCUT2D eigenvalue weighted by molar-refractivity contribution is 5.17. The molecule has 0 N–H and O–H groups in total. The van der Waals surface area contributed by atoms with Gasteiger partial charge in [-0.3, -0.25) is 0 Å². The van der Waals surface area contributed by atoms with Gasteiger partial charge in [-0.1, -0.05) is 12.5 Å². The van der Waals surface area contributed by atoms with Crippen LogP contribution in [0.2, 0.25) is 0 Å². The molecule has 0 aromatic rings. The first-order valence-electron chi connectivity index (χ1n) is 3.11. The molecule has 1 nitrogen and oxygen atoms in total. The van der Waals surface area contributed by atoms with Gasteiger partial charge >= 0.3 is 0 Å². The fourth-order valence-corrected chi connectivity index (χ4v) is 0.518. The Morgan fingerprint density at radius 2 is 2.10 bits per heavy atom. The minimum absolute atomic E-state index is 0.990. The average molecular weight is 135 g/mol. The lowest BCUT2D eigenvalue weighted by atomic mass is 10.3. The molecule has 0 radical (unpaired) electrons. The third-order valence-corrected chi connectivity index (χ3v) is 1.39. The minimum atomic E-state index is 0.990. The van der Waals surface area contributed by atoms with E-state index in [-0.39, 0.29) is 0 Å². The maximum atomic E-state index is 5.08. The van der Waals surface area contributed by atoms with Crippen molar-refractivity contribution in [2.24, 2.45) is 0 Å². The lowest BCUT2D eigenvalue weighted by molar-refractivity contribution is 0.525.